The van der Waals surface area contributed by atoms with Gasteiger partial charge < -0.3 is 14.8 Å². The van der Waals surface area contributed by atoms with E-state index in [0.717, 1.165) is 55.3 Å². The van der Waals surface area contributed by atoms with Crippen molar-refractivity contribution in [2.45, 2.75) is 56.3 Å². The van der Waals surface area contributed by atoms with E-state index in [4.69, 9.17) is 0 Å². The summed E-state index contributed by atoms with van der Waals surface area (Å²) in [5.74, 6) is 1.84. The Morgan fingerprint density at radius 2 is 1.66 bits per heavy atom. The Kier molecular flexibility index (Phi) is 7.47. The van der Waals surface area contributed by atoms with E-state index in [2.05, 4.69) is 32.2 Å². The SMILES string of the molecule is O=C(CSc1nnc(C2CC2)n1Cc1ccccc1)NCc1ccc(C(=O)N2CCCCC2)cc1. The molecule has 0 unspecified atom stereocenters. The first-order valence-electron chi connectivity index (χ1n) is 12.4. The van der Waals surface area contributed by atoms with Crippen molar-refractivity contribution in [3.63, 3.8) is 0 Å². The van der Waals surface area contributed by atoms with Gasteiger partial charge in [0.2, 0.25) is 5.91 Å². The van der Waals surface area contributed by atoms with Gasteiger partial charge in [0.25, 0.3) is 5.91 Å². The second-order valence-corrected chi connectivity index (χ2v) is 10.2. The Hall–Kier alpha value is -3.13. The molecule has 2 heterocycles. The third-order valence-corrected chi connectivity index (χ3v) is 7.50. The highest BCUT2D eigenvalue weighted by Crippen LogP contribution is 2.40. The molecule has 1 aliphatic heterocycles. The molecule has 0 atom stereocenters. The van der Waals surface area contributed by atoms with Crippen molar-refractivity contribution in [1.82, 2.24) is 25.0 Å². The minimum atomic E-state index is -0.0503. The Morgan fingerprint density at radius 1 is 0.914 bits per heavy atom. The van der Waals surface area contributed by atoms with Crippen LogP contribution in [0, 0.1) is 0 Å². The van der Waals surface area contributed by atoms with Crippen LogP contribution < -0.4 is 5.32 Å². The molecule has 0 radical (unpaired) electrons. The number of likely N-dealkylation sites (tertiary alicyclic amines) is 1. The first-order chi connectivity index (χ1) is 17.2. The van der Waals surface area contributed by atoms with E-state index < -0.39 is 0 Å². The highest BCUT2D eigenvalue weighted by Gasteiger charge is 2.30. The first kappa shape index (κ1) is 23.6. The fraction of sp³-hybridized carbons (Fsp3) is 0.407. The molecule has 1 saturated heterocycles. The lowest BCUT2D eigenvalue weighted by Gasteiger charge is -2.26. The fourth-order valence-electron chi connectivity index (χ4n) is 4.39. The van der Waals surface area contributed by atoms with E-state index in [0.29, 0.717) is 24.6 Å². The highest BCUT2D eigenvalue weighted by molar-refractivity contribution is 7.99. The summed E-state index contributed by atoms with van der Waals surface area (Å²) in [5, 5.41) is 12.6. The summed E-state index contributed by atoms with van der Waals surface area (Å²) in [6.07, 6.45) is 5.67. The second-order valence-electron chi connectivity index (χ2n) is 9.30. The number of carbonyl (C=O) groups is 2. The minimum absolute atomic E-state index is 0.0503. The number of hydrogen-bond donors (Lipinski definition) is 1. The predicted octanol–water partition coefficient (Wildman–Crippen LogP) is 4.24. The molecular formula is C27H31N5O2S. The van der Waals surface area contributed by atoms with Crippen molar-refractivity contribution in [1.29, 1.82) is 0 Å². The molecule has 8 heteroatoms. The van der Waals surface area contributed by atoms with Crippen molar-refractivity contribution < 1.29 is 9.59 Å². The van der Waals surface area contributed by atoms with E-state index in [1.807, 2.05) is 47.4 Å². The third-order valence-electron chi connectivity index (χ3n) is 6.54. The average Bonchev–Trinajstić information content (AvgIpc) is 3.68. The maximum Gasteiger partial charge on any atom is 0.253 e. The van der Waals surface area contributed by atoms with Crippen LogP contribution in [0.3, 0.4) is 0 Å². The number of carbonyl (C=O) groups excluding carboxylic acids is 2. The van der Waals surface area contributed by atoms with Crippen LogP contribution in [0.25, 0.3) is 0 Å². The molecule has 1 aromatic heterocycles. The first-order valence-corrected chi connectivity index (χ1v) is 13.4. The zero-order valence-electron chi connectivity index (χ0n) is 19.9. The van der Waals surface area contributed by atoms with Crippen LogP contribution >= 0.6 is 11.8 Å². The highest BCUT2D eigenvalue weighted by atomic mass is 32.2. The van der Waals surface area contributed by atoms with Crippen molar-refractivity contribution in [3.05, 3.63) is 77.1 Å². The summed E-state index contributed by atoms with van der Waals surface area (Å²) < 4.78 is 2.16. The zero-order chi connectivity index (χ0) is 24.0. The molecule has 35 heavy (non-hydrogen) atoms. The average molecular weight is 490 g/mol. The van der Waals surface area contributed by atoms with Gasteiger partial charge in [0.15, 0.2) is 5.16 Å². The van der Waals surface area contributed by atoms with E-state index in [1.165, 1.54) is 23.7 Å². The molecule has 5 rings (SSSR count). The normalized spacial score (nSPS) is 15.7. The smallest absolute Gasteiger partial charge is 0.253 e. The molecular weight excluding hydrogens is 458 g/mol. The Morgan fingerprint density at radius 3 is 2.37 bits per heavy atom. The molecule has 0 spiro atoms. The van der Waals surface area contributed by atoms with Crippen molar-refractivity contribution in [2.75, 3.05) is 18.8 Å². The van der Waals surface area contributed by atoms with Crippen molar-refractivity contribution in [2.24, 2.45) is 0 Å². The molecule has 2 aromatic carbocycles. The molecule has 2 amide bonds. The van der Waals surface area contributed by atoms with E-state index in [9.17, 15) is 9.59 Å². The van der Waals surface area contributed by atoms with Crippen molar-refractivity contribution in [3.8, 4) is 0 Å². The van der Waals surface area contributed by atoms with Gasteiger partial charge in [-0.2, -0.15) is 0 Å². The molecule has 0 bridgehead atoms. The molecule has 1 saturated carbocycles. The number of nitrogens with zero attached hydrogens (tertiary/aromatic N) is 4. The number of rotatable bonds is 9. The number of nitrogens with one attached hydrogen (secondary N) is 1. The Balaban J connectivity index is 1.13. The molecule has 182 valence electrons. The number of hydrogen-bond acceptors (Lipinski definition) is 5. The van der Waals surface area contributed by atoms with Gasteiger partial charge in [-0.05, 0) is 55.4 Å². The Labute approximate surface area is 210 Å². The van der Waals surface area contributed by atoms with Crippen LogP contribution in [-0.4, -0.2) is 50.3 Å². The maximum absolute atomic E-state index is 12.6. The van der Waals surface area contributed by atoms with Gasteiger partial charge in [-0.1, -0.05) is 54.2 Å². The third kappa shape index (κ3) is 6.11. The van der Waals surface area contributed by atoms with Gasteiger partial charge >= 0.3 is 0 Å². The van der Waals surface area contributed by atoms with Crippen LogP contribution in [0.1, 0.15) is 65.3 Å². The van der Waals surface area contributed by atoms with Gasteiger partial charge in [-0.3, -0.25) is 9.59 Å². The number of benzene rings is 2. The molecule has 3 aromatic rings. The monoisotopic (exact) mass is 489 g/mol. The zero-order valence-corrected chi connectivity index (χ0v) is 20.7. The van der Waals surface area contributed by atoms with Crippen LogP contribution in [0.2, 0.25) is 0 Å². The molecule has 7 nitrogen and oxygen atoms in total. The predicted molar refractivity (Wildman–Crippen MR) is 136 cm³/mol. The molecule has 2 fully saturated rings. The van der Waals surface area contributed by atoms with E-state index >= 15 is 0 Å². The lowest BCUT2D eigenvalue weighted by atomic mass is 10.1. The summed E-state index contributed by atoms with van der Waals surface area (Å²) in [6.45, 7) is 2.83. The number of piperidine rings is 1. The van der Waals surface area contributed by atoms with Gasteiger partial charge in [0.1, 0.15) is 5.82 Å². The Bertz CT molecular complexity index is 1150. The quantitative estimate of drug-likeness (QED) is 0.455. The molecule has 1 N–H and O–H groups in total. The number of amides is 2. The fourth-order valence-corrected chi connectivity index (χ4v) is 5.17. The van der Waals surface area contributed by atoms with Crippen LogP contribution in [0.5, 0.6) is 0 Å². The minimum Gasteiger partial charge on any atom is -0.351 e. The standard InChI is InChI=1S/C27H31N5O2S/c33-24(28-17-20-9-11-23(12-10-20)26(34)31-15-5-2-6-16-31)19-35-27-30-29-25(22-13-14-22)32(27)18-21-7-3-1-4-8-21/h1,3-4,7-12,22H,2,5-6,13-19H2,(H,28,33). The summed E-state index contributed by atoms with van der Waals surface area (Å²) in [4.78, 5) is 27.1. The maximum atomic E-state index is 12.6. The van der Waals surface area contributed by atoms with Gasteiger partial charge in [-0.15, -0.1) is 10.2 Å². The lowest BCUT2D eigenvalue weighted by Crippen LogP contribution is -2.35. The van der Waals surface area contributed by atoms with Crippen LogP contribution in [0.4, 0.5) is 0 Å². The number of aromatic nitrogens is 3. The van der Waals surface area contributed by atoms with Gasteiger partial charge in [-0.25, -0.2) is 0 Å². The summed E-state index contributed by atoms with van der Waals surface area (Å²) in [6, 6.07) is 17.8. The number of thioether (sulfide) groups is 1. The summed E-state index contributed by atoms with van der Waals surface area (Å²) in [5.41, 5.74) is 2.88. The van der Waals surface area contributed by atoms with Crippen molar-refractivity contribution >= 4 is 23.6 Å². The van der Waals surface area contributed by atoms with Crippen LogP contribution in [-0.2, 0) is 17.9 Å². The van der Waals surface area contributed by atoms with Gasteiger partial charge in [0.05, 0.1) is 12.3 Å². The topological polar surface area (TPSA) is 80.1 Å². The lowest BCUT2D eigenvalue weighted by molar-refractivity contribution is -0.118. The molecule has 2 aliphatic rings. The van der Waals surface area contributed by atoms with E-state index in [-0.39, 0.29) is 17.6 Å². The largest absolute Gasteiger partial charge is 0.351 e. The second kappa shape index (κ2) is 11.1. The van der Waals surface area contributed by atoms with Crippen LogP contribution in [0.15, 0.2) is 59.8 Å². The van der Waals surface area contributed by atoms with E-state index in [1.54, 1.807) is 0 Å². The summed E-state index contributed by atoms with van der Waals surface area (Å²) >= 11 is 1.42. The molecule has 1 aliphatic carbocycles. The van der Waals surface area contributed by atoms with Gasteiger partial charge in [0, 0.05) is 31.1 Å². The summed E-state index contributed by atoms with van der Waals surface area (Å²) in [7, 11) is 0.